The molecular formula is C22H27N5O2S. The first-order chi connectivity index (χ1) is 14.3. The number of rotatable bonds is 6. The second-order valence-corrected chi connectivity index (χ2v) is 8.33. The van der Waals surface area contributed by atoms with Crippen molar-refractivity contribution in [2.24, 2.45) is 0 Å². The highest BCUT2D eigenvalue weighted by Crippen LogP contribution is 2.14. The number of aromatic nitrogens is 2. The minimum Gasteiger partial charge on any atom is -0.444 e. The Balaban J connectivity index is 1.46. The molecule has 2 aromatic heterocycles. The number of nitrogens with zero attached hydrogens (tertiary/aromatic N) is 1. The zero-order valence-corrected chi connectivity index (χ0v) is 18.2. The molecule has 0 saturated heterocycles. The highest BCUT2D eigenvalue weighted by molar-refractivity contribution is 7.80. The van der Waals surface area contributed by atoms with Crippen molar-refractivity contribution < 1.29 is 9.53 Å². The van der Waals surface area contributed by atoms with Crippen LogP contribution in [0.2, 0.25) is 0 Å². The van der Waals surface area contributed by atoms with Crippen LogP contribution in [0.25, 0.3) is 11.0 Å². The Hall–Kier alpha value is -3.13. The Morgan fingerprint density at radius 1 is 1.07 bits per heavy atom. The number of pyridine rings is 1. The second kappa shape index (κ2) is 9.58. The number of nitrogens with one attached hydrogen (secondary N) is 4. The maximum atomic E-state index is 11.8. The van der Waals surface area contributed by atoms with Gasteiger partial charge in [-0.2, -0.15) is 0 Å². The average molecular weight is 426 g/mol. The fourth-order valence-electron chi connectivity index (χ4n) is 2.93. The Kier molecular flexibility index (Phi) is 6.89. The zero-order chi connectivity index (χ0) is 21.6. The number of benzene rings is 1. The van der Waals surface area contributed by atoms with Gasteiger partial charge in [-0.1, -0.05) is 24.3 Å². The van der Waals surface area contributed by atoms with Crippen LogP contribution in [0.5, 0.6) is 0 Å². The third-order valence-corrected chi connectivity index (χ3v) is 4.56. The number of hydrogen-bond donors (Lipinski definition) is 4. The van der Waals surface area contributed by atoms with E-state index >= 15 is 0 Å². The molecule has 0 aliphatic heterocycles. The van der Waals surface area contributed by atoms with Gasteiger partial charge in [0.2, 0.25) is 0 Å². The summed E-state index contributed by atoms with van der Waals surface area (Å²) in [6.07, 6.45) is 3.23. The molecule has 30 heavy (non-hydrogen) atoms. The summed E-state index contributed by atoms with van der Waals surface area (Å²) in [5, 5.41) is 10.9. The molecule has 0 radical (unpaired) electrons. The number of carbonyl (C=O) groups is 1. The summed E-state index contributed by atoms with van der Waals surface area (Å²) in [4.78, 5) is 19.2. The SMILES string of the molecule is CC(C)(C)OC(=O)NCc1cccc(CNC(=S)NCc2ccnc3[nH]ccc23)c1. The molecule has 1 amide bonds. The normalized spacial score (nSPS) is 11.2. The lowest BCUT2D eigenvalue weighted by atomic mass is 10.1. The van der Waals surface area contributed by atoms with E-state index in [2.05, 4.69) is 25.9 Å². The number of thiocarbonyl (C=S) groups is 1. The fourth-order valence-corrected chi connectivity index (χ4v) is 3.07. The van der Waals surface area contributed by atoms with E-state index in [1.165, 1.54) is 0 Å². The van der Waals surface area contributed by atoms with Gasteiger partial charge >= 0.3 is 6.09 Å². The van der Waals surface area contributed by atoms with Crippen molar-refractivity contribution in [1.29, 1.82) is 0 Å². The van der Waals surface area contributed by atoms with Crippen LogP contribution >= 0.6 is 12.2 Å². The van der Waals surface area contributed by atoms with Gasteiger partial charge in [0.15, 0.2) is 5.11 Å². The van der Waals surface area contributed by atoms with E-state index < -0.39 is 11.7 Å². The van der Waals surface area contributed by atoms with E-state index in [0.717, 1.165) is 27.7 Å². The van der Waals surface area contributed by atoms with E-state index in [1.54, 1.807) is 6.20 Å². The summed E-state index contributed by atoms with van der Waals surface area (Å²) in [5.74, 6) is 0. The molecule has 3 rings (SSSR count). The quantitative estimate of drug-likeness (QED) is 0.450. The van der Waals surface area contributed by atoms with E-state index in [4.69, 9.17) is 17.0 Å². The Bertz CT molecular complexity index is 1030. The van der Waals surface area contributed by atoms with Crippen LogP contribution in [0.15, 0.2) is 48.8 Å². The van der Waals surface area contributed by atoms with Crippen LogP contribution in [0, 0.1) is 0 Å². The Morgan fingerprint density at radius 3 is 2.50 bits per heavy atom. The fraction of sp³-hybridized carbons (Fsp3) is 0.318. The number of carbonyl (C=O) groups excluding carboxylic acids is 1. The molecule has 158 valence electrons. The van der Waals surface area contributed by atoms with Gasteiger partial charge in [0, 0.05) is 37.4 Å². The first kappa shape index (κ1) is 21.6. The summed E-state index contributed by atoms with van der Waals surface area (Å²) < 4.78 is 5.26. The Morgan fingerprint density at radius 2 is 1.77 bits per heavy atom. The number of alkyl carbamates (subject to hydrolysis) is 1. The summed E-state index contributed by atoms with van der Waals surface area (Å²) in [7, 11) is 0. The molecule has 2 heterocycles. The lowest BCUT2D eigenvalue weighted by molar-refractivity contribution is 0.0523. The van der Waals surface area contributed by atoms with Crippen molar-refractivity contribution in [1.82, 2.24) is 25.9 Å². The van der Waals surface area contributed by atoms with Crippen molar-refractivity contribution in [3.05, 3.63) is 65.5 Å². The number of amides is 1. The third kappa shape index (κ3) is 6.45. The summed E-state index contributed by atoms with van der Waals surface area (Å²) in [6.45, 7) is 7.12. The molecule has 0 unspecified atom stereocenters. The molecule has 4 N–H and O–H groups in total. The molecule has 1 aromatic carbocycles. The standard InChI is InChI=1S/C22H27N5O2S/c1-22(2,3)29-21(28)27-13-16-6-4-5-15(11-16)12-25-20(30)26-14-17-7-9-23-19-18(17)8-10-24-19/h4-11H,12-14H2,1-3H3,(H,23,24)(H,27,28)(H2,25,26,30). The number of ether oxygens (including phenoxy) is 1. The van der Waals surface area contributed by atoms with Gasteiger partial charge in [-0.3, -0.25) is 0 Å². The first-order valence-corrected chi connectivity index (χ1v) is 10.2. The van der Waals surface area contributed by atoms with Gasteiger partial charge in [0.05, 0.1) is 0 Å². The minimum atomic E-state index is -0.512. The number of H-pyrrole nitrogens is 1. The van der Waals surface area contributed by atoms with Crippen molar-refractivity contribution in [2.45, 2.75) is 46.0 Å². The van der Waals surface area contributed by atoms with Crippen LogP contribution in [-0.4, -0.2) is 26.8 Å². The summed E-state index contributed by atoms with van der Waals surface area (Å²) in [5.41, 5.74) is 3.54. The smallest absolute Gasteiger partial charge is 0.407 e. The van der Waals surface area contributed by atoms with Crippen molar-refractivity contribution >= 4 is 34.5 Å². The lowest BCUT2D eigenvalue weighted by Crippen LogP contribution is -2.34. The summed E-state index contributed by atoms with van der Waals surface area (Å²) >= 11 is 5.40. The molecule has 0 saturated carbocycles. The van der Waals surface area contributed by atoms with Crippen LogP contribution in [-0.2, 0) is 24.4 Å². The highest BCUT2D eigenvalue weighted by Gasteiger charge is 2.15. The predicted octanol–water partition coefficient (Wildman–Crippen LogP) is 3.75. The second-order valence-electron chi connectivity index (χ2n) is 7.92. The van der Waals surface area contributed by atoms with Gasteiger partial charge in [-0.05, 0) is 61.8 Å². The molecule has 0 fully saturated rings. The van der Waals surface area contributed by atoms with Crippen LogP contribution in [0.3, 0.4) is 0 Å². The molecule has 0 aliphatic carbocycles. The number of fused-ring (bicyclic) bond motifs is 1. The van der Waals surface area contributed by atoms with Crippen molar-refractivity contribution in [3.63, 3.8) is 0 Å². The van der Waals surface area contributed by atoms with Crippen LogP contribution < -0.4 is 16.0 Å². The number of aromatic amines is 1. The lowest BCUT2D eigenvalue weighted by Gasteiger charge is -2.19. The Labute approximate surface area is 181 Å². The zero-order valence-electron chi connectivity index (χ0n) is 17.4. The predicted molar refractivity (Wildman–Crippen MR) is 122 cm³/mol. The van der Waals surface area contributed by atoms with Crippen molar-refractivity contribution in [2.75, 3.05) is 0 Å². The van der Waals surface area contributed by atoms with E-state index in [0.29, 0.717) is 24.7 Å². The van der Waals surface area contributed by atoms with E-state index in [1.807, 2.05) is 63.4 Å². The average Bonchev–Trinajstić information content (AvgIpc) is 3.18. The van der Waals surface area contributed by atoms with E-state index in [9.17, 15) is 4.79 Å². The van der Waals surface area contributed by atoms with Gasteiger partial charge < -0.3 is 25.7 Å². The molecule has 0 aliphatic rings. The maximum absolute atomic E-state index is 11.8. The molecule has 3 aromatic rings. The monoisotopic (exact) mass is 425 g/mol. The molecule has 7 nitrogen and oxygen atoms in total. The first-order valence-electron chi connectivity index (χ1n) is 9.77. The van der Waals surface area contributed by atoms with E-state index in [-0.39, 0.29) is 0 Å². The minimum absolute atomic E-state index is 0.403. The van der Waals surface area contributed by atoms with Crippen LogP contribution in [0.4, 0.5) is 4.79 Å². The molecular weight excluding hydrogens is 398 g/mol. The molecule has 8 heteroatoms. The van der Waals surface area contributed by atoms with Gasteiger partial charge in [-0.25, -0.2) is 9.78 Å². The molecule has 0 bridgehead atoms. The topological polar surface area (TPSA) is 91.1 Å². The summed E-state index contributed by atoms with van der Waals surface area (Å²) in [6, 6.07) is 11.9. The van der Waals surface area contributed by atoms with Gasteiger partial charge in [-0.15, -0.1) is 0 Å². The largest absolute Gasteiger partial charge is 0.444 e. The van der Waals surface area contributed by atoms with Gasteiger partial charge in [0.25, 0.3) is 0 Å². The van der Waals surface area contributed by atoms with Crippen LogP contribution in [0.1, 0.15) is 37.5 Å². The molecule has 0 atom stereocenters. The number of hydrogen-bond acceptors (Lipinski definition) is 4. The molecule has 0 spiro atoms. The maximum Gasteiger partial charge on any atom is 0.407 e. The van der Waals surface area contributed by atoms with Crippen molar-refractivity contribution in [3.8, 4) is 0 Å². The van der Waals surface area contributed by atoms with Gasteiger partial charge in [0.1, 0.15) is 11.2 Å². The highest BCUT2D eigenvalue weighted by atomic mass is 32.1. The third-order valence-electron chi connectivity index (χ3n) is 4.27.